The molecule has 3 rings (SSSR count). The molecule has 2 heterocycles. The minimum atomic E-state index is -0.126. The van der Waals surface area contributed by atoms with Gasteiger partial charge in [-0.15, -0.1) is 11.3 Å². The molecule has 1 aromatic carbocycles. The average Bonchev–Trinajstić information content (AvgIpc) is 3.31. The predicted octanol–water partition coefficient (Wildman–Crippen LogP) is 4.55. The van der Waals surface area contributed by atoms with Crippen molar-refractivity contribution in [3.05, 3.63) is 40.1 Å². The van der Waals surface area contributed by atoms with E-state index in [4.69, 9.17) is 14.2 Å². The Kier molecular flexibility index (Phi) is 9.03. The molecule has 1 saturated heterocycles. The monoisotopic (exact) mass is 446 g/mol. The molecule has 0 spiro atoms. The Morgan fingerprint density at radius 2 is 1.71 bits per heavy atom. The van der Waals surface area contributed by atoms with E-state index in [0.717, 1.165) is 19.6 Å². The first-order chi connectivity index (χ1) is 15.2. The predicted molar refractivity (Wildman–Crippen MR) is 125 cm³/mol. The van der Waals surface area contributed by atoms with Crippen LogP contribution in [0, 0.1) is 0 Å². The average molecular weight is 447 g/mol. The van der Waals surface area contributed by atoms with Gasteiger partial charge in [0, 0.05) is 23.5 Å². The Bertz CT molecular complexity index is 790. The van der Waals surface area contributed by atoms with Gasteiger partial charge in [-0.1, -0.05) is 6.07 Å². The van der Waals surface area contributed by atoms with E-state index in [1.807, 2.05) is 32.1 Å². The van der Waals surface area contributed by atoms with Crippen molar-refractivity contribution in [2.24, 2.45) is 0 Å². The van der Waals surface area contributed by atoms with Crippen molar-refractivity contribution < 1.29 is 19.0 Å². The fourth-order valence-electron chi connectivity index (χ4n) is 3.91. The Morgan fingerprint density at radius 3 is 2.26 bits per heavy atom. The zero-order valence-corrected chi connectivity index (χ0v) is 19.6. The van der Waals surface area contributed by atoms with Crippen LogP contribution in [0.4, 0.5) is 0 Å². The molecule has 0 aliphatic carbocycles. The largest absolute Gasteiger partial charge is 0.490 e. The highest BCUT2D eigenvalue weighted by Crippen LogP contribution is 2.39. The third kappa shape index (κ3) is 6.37. The number of hydrogen-bond donors (Lipinski definition) is 1. The minimum Gasteiger partial charge on any atom is -0.490 e. The zero-order valence-electron chi connectivity index (χ0n) is 18.8. The molecule has 2 aromatic rings. The number of ether oxygens (including phenoxy) is 3. The highest BCUT2D eigenvalue weighted by atomic mass is 32.1. The lowest BCUT2D eigenvalue weighted by molar-refractivity contribution is 0.0944. The smallest absolute Gasteiger partial charge is 0.251 e. The number of carbonyl (C=O) groups excluding carboxylic acids is 1. The SMILES string of the molecule is CCOc1cc(C(=O)NCCN2CCC(c3cccs3)CC2)cc(OCC)c1OCC. The first-order valence-electron chi connectivity index (χ1n) is 11.3. The molecule has 31 heavy (non-hydrogen) atoms. The molecule has 1 aliphatic rings. The number of thiophene rings is 1. The maximum atomic E-state index is 12.8. The van der Waals surface area contributed by atoms with E-state index in [9.17, 15) is 4.79 Å². The minimum absolute atomic E-state index is 0.126. The van der Waals surface area contributed by atoms with E-state index >= 15 is 0 Å². The lowest BCUT2D eigenvalue weighted by Crippen LogP contribution is -2.39. The van der Waals surface area contributed by atoms with Crippen LogP contribution in [0.5, 0.6) is 17.2 Å². The molecule has 0 saturated carbocycles. The van der Waals surface area contributed by atoms with Crippen molar-refractivity contribution >= 4 is 17.2 Å². The number of hydrogen-bond acceptors (Lipinski definition) is 6. The van der Waals surface area contributed by atoms with Gasteiger partial charge in [-0.3, -0.25) is 4.79 Å². The Balaban J connectivity index is 1.55. The van der Waals surface area contributed by atoms with Gasteiger partial charge >= 0.3 is 0 Å². The molecule has 0 bridgehead atoms. The number of amides is 1. The van der Waals surface area contributed by atoms with Crippen molar-refractivity contribution in [2.75, 3.05) is 46.0 Å². The van der Waals surface area contributed by atoms with Crippen LogP contribution in [-0.2, 0) is 0 Å². The van der Waals surface area contributed by atoms with E-state index in [0.29, 0.717) is 55.1 Å². The van der Waals surface area contributed by atoms with Gasteiger partial charge < -0.3 is 24.4 Å². The summed E-state index contributed by atoms with van der Waals surface area (Å²) >= 11 is 1.86. The standard InChI is InChI=1S/C24H34N2O4S/c1-4-28-20-16-19(17-21(29-5-2)23(20)30-6-3)24(27)25-11-14-26-12-9-18(10-13-26)22-8-7-15-31-22/h7-8,15-18H,4-6,9-14H2,1-3H3,(H,25,27). The summed E-state index contributed by atoms with van der Waals surface area (Å²) in [5, 5.41) is 5.20. The van der Waals surface area contributed by atoms with Gasteiger partial charge in [0.05, 0.1) is 19.8 Å². The molecule has 1 aliphatic heterocycles. The molecule has 1 N–H and O–H groups in total. The maximum Gasteiger partial charge on any atom is 0.251 e. The molecule has 1 amide bonds. The van der Waals surface area contributed by atoms with E-state index in [1.54, 1.807) is 12.1 Å². The topological polar surface area (TPSA) is 60.0 Å². The first-order valence-corrected chi connectivity index (χ1v) is 12.1. The summed E-state index contributed by atoms with van der Waals surface area (Å²) in [5.41, 5.74) is 0.520. The lowest BCUT2D eigenvalue weighted by atomic mass is 9.95. The number of likely N-dealkylation sites (tertiary alicyclic amines) is 1. The molecule has 0 unspecified atom stereocenters. The van der Waals surface area contributed by atoms with Gasteiger partial charge in [0.25, 0.3) is 5.91 Å². The van der Waals surface area contributed by atoms with Gasteiger partial charge in [0.15, 0.2) is 11.5 Å². The molecular formula is C24H34N2O4S. The molecule has 170 valence electrons. The number of benzene rings is 1. The maximum absolute atomic E-state index is 12.8. The number of nitrogens with one attached hydrogen (secondary N) is 1. The second-order valence-corrected chi connectivity index (χ2v) is 8.47. The highest BCUT2D eigenvalue weighted by Gasteiger charge is 2.22. The number of carbonyl (C=O) groups is 1. The first kappa shape index (κ1) is 23.4. The van der Waals surface area contributed by atoms with Crippen LogP contribution in [0.15, 0.2) is 29.6 Å². The quantitative estimate of drug-likeness (QED) is 0.549. The second kappa shape index (κ2) is 12.0. The van der Waals surface area contributed by atoms with Crippen LogP contribution in [0.25, 0.3) is 0 Å². The normalized spacial score (nSPS) is 14.9. The zero-order chi connectivity index (χ0) is 22.1. The summed E-state index contributed by atoms with van der Waals surface area (Å²) in [6, 6.07) is 7.85. The summed E-state index contributed by atoms with van der Waals surface area (Å²) in [6.07, 6.45) is 2.37. The lowest BCUT2D eigenvalue weighted by Gasteiger charge is -2.31. The van der Waals surface area contributed by atoms with Crippen LogP contribution in [0.3, 0.4) is 0 Å². The van der Waals surface area contributed by atoms with Crippen LogP contribution >= 0.6 is 11.3 Å². The van der Waals surface area contributed by atoms with Gasteiger partial charge in [-0.2, -0.15) is 0 Å². The van der Waals surface area contributed by atoms with E-state index in [1.165, 1.54) is 17.7 Å². The molecule has 6 nitrogen and oxygen atoms in total. The van der Waals surface area contributed by atoms with Gasteiger partial charge in [-0.05, 0) is 76.2 Å². The Morgan fingerprint density at radius 1 is 1.06 bits per heavy atom. The van der Waals surface area contributed by atoms with Crippen molar-refractivity contribution in [3.63, 3.8) is 0 Å². The van der Waals surface area contributed by atoms with Crippen LogP contribution < -0.4 is 19.5 Å². The molecule has 7 heteroatoms. The van der Waals surface area contributed by atoms with Gasteiger partial charge in [-0.25, -0.2) is 0 Å². The summed E-state index contributed by atoms with van der Waals surface area (Å²) in [4.78, 5) is 16.7. The van der Waals surface area contributed by atoms with Crippen molar-refractivity contribution in [3.8, 4) is 17.2 Å². The summed E-state index contributed by atoms with van der Waals surface area (Å²) < 4.78 is 17.1. The molecule has 1 aromatic heterocycles. The number of piperidine rings is 1. The molecule has 0 radical (unpaired) electrons. The summed E-state index contributed by atoms with van der Waals surface area (Å²) in [6.45, 7) is 10.8. The van der Waals surface area contributed by atoms with Crippen molar-refractivity contribution in [2.45, 2.75) is 39.5 Å². The molecule has 0 atom stereocenters. The van der Waals surface area contributed by atoms with Gasteiger partial charge in [0.1, 0.15) is 0 Å². The third-order valence-electron chi connectivity index (χ3n) is 5.42. The summed E-state index contributed by atoms with van der Waals surface area (Å²) in [7, 11) is 0. The van der Waals surface area contributed by atoms with Crippen LogP contribution in [-0.4, -0.2) is 56.8 Å². The second-order valence-electron chi connectivity index (χ2n) is 7.49. The number of rotatable bonds is 11. The van der Waals surface area contributed by atoms with Gasteiger partial charge in [0.2, 0.25) is 5.75 Å². The Hall–Kier alpha value is -2.25. The molecule has 1 fully saturated rings. The fourth-order valence-corrected chi connectivity index (χ4v) is 4.81. The fraction of sp³-hybridized carbons (Fsp3) is 0.542. The molecular weight excluding hydrogens is 412 g/mol. The summed E-state index contributed by atoms with van der Waals surface area (Å²) in [5.74, 6) is 2.19. The van der Waals surface area contributed by atoms with Crippen molar-refractivity contribution in [1.29, 1.82) is 0 Å². The Labute approximate surface area is 189 Å². The van der Waals surface area contributed by atoms with Crippen molar-refractivity contribution in [1.82, 2.24) is 10.2 Å². The highest BCUT2D eigenvalue weighted by molar-refractivity contribution is 7.10. The van der Waals surface area contributed by atoms with Crippen LogP contribution in [0.1, 0.15) is 54.8 Å². The third-order valence-corrected chi connectivity index (χ3v) is 6.45. The van der Waals surface area contributed by atoms with E-state index in [-0.39, 0.29) is 5.91 Å². The van der Waals surface area contributed by atoms with Crippen LogP contribution in [0.2, 0.25) is 0 Å². The number of nitrogens with zero attached hydrogens (tertiary/aromatic N) is 1. The van der Waals surface area contributed by atoms with E-state index in [2.05, 4.69) is 27.7 Å². The van der Waals surface area contributed by atoms with E-state index < -0.39 is 0 Å².